The molecule has 5 nitrogen and oxygen atoms in total. The van der Waals surface area contributed by atoms with Crippen LogP contribution in [0.2, 0.25) is 5.28 Å². The van der Waals surface area contributed by atoms with E-state index >= 15 is 0 Å². The fraction of sp³-hybridized carbons (Fsp3) is 0.727. The summed E-state index contributed by atoms with van der Waals surface area (Å²) in [7, 11) is 3.77. The normalized spacial score (nSPS) is 23.1. The number of nitrogens with zero attached hydrogens (tertiary/aromatic N) is 4. The van der Waals surface area contributed by atoms with E-state index in [9.17, 15) is 0 Å². The van der Waals surface area contributed by atoms with Crippen molar-refractivity contribution < 1.29 is 0 Å². The SMILES string of the molecule is CSC1CCCC1Nc1nc(Cl)nc(N(C)C)n1. The minimum atomic E-state index is 0.231. The monoisotopic (exact) mass is 287 g/mol. The van der Waals surface area contributed by atoms with Crippen LogP contribution in [0.25, 0.3) is 0 Å². The number of hydrogen-bond acceptors (Lipinski definition) is 6. The minimum absolute atomic E-state index is 0.231. The summed E-state index contributed by atoms with van der Waals surface area (Å²) in [5.41, 5.74) is 0. The molecule has 1 N–H and O–H groups in total. The second-order valence-corrected chi connectivity index (χ2v) is 5.99. The van der Waals surface area contributed by atoms with Crippen LogP contribution in [0.4, 0.5) is 11.9 Å². The highest BCUT2D eigenvalue weighted by atomic mass is 35.5. The van der Waals surface area contributed by atoms with E-state index in [1.54, 1.807) is 0 Å². The molecule has 100 valence electrons. The van der Waals surface area contributed by atoms with Crippen molar-refractivity contribution in [1.82, 2.24) is 15.0 Å². The van der Waals surface area contributed by atoms with Gasteiger partial charge in [-0.25, -0.2) is 0 Å². The third kappa shape index (κ3) is 3.17. The van der Waals surface area contributed by atoms with Gasteiger partial charge in [0.25, 0.3) is 0 Å². The fourth-order valence-electron chi connectivity index (χ4n) is 2.14. The predicted octanol–water partition coefficient (Wildman–Crippen LogP) is 2.29. The van der Waals surface area contributed by atoms with Crippen molar-refractivity contribution in [3.63, 3.8) is 0 Å². The predicted molar refractivity (Wildman–Crippen MR) is 77.7 cm³/mol. The number of hydrogen-bond donors (Lipinski definition) is 1. The van der Waals surface area contributed by atoms with Crippen LogP contribution < -0.4 is 10.2 Å². The average molecular weight is 288 g/mol. The standard InChI is InChI=1S/C11H18ClN5S/c1-17(2)11-15-9(12)14-10(16-11)13-7-5-4-6-8(7)18-3/h7-8H,4-6H2,1-3H3,(H,13,14,15,16). The Labute approximate surface area is 117 Å². The number of thioether (sulfide) groups is 1. The molecule has 1 aliphatic rings. The van der Waals surface area contributed by atoms with E-state index in [1.807, 2.05) is 30.8 Å². The maximum atomic E-state index is 5.92. The zero-order valence-corrected chi connectivity index (χ0v) is 12.4. The lowest BCUT2D eigenvalue weighted by atomic mass is 10.2. The van der Waals surface area contributed by atoms with E-state index in [-0.39, 0.29) is 5.28 Å². The molecule has 0 saturated heterocycles. The van der Waals surface area contributed by atoms with Gasteiger partial charge in [-0.15, -0.1) is 0 Å². The van der Waals surface area contributed by atoms with Crippen LogP contribution in [0.1, 0.15) is 19.3 Å². The topological polar surface area (TPSA) is 53.9 Å². The second-order valence-electron chi connectivity index (χ2n) is 4.58. The summed E-state index contributed by atoms with van der Waals surface area (Å²) in [6.07, 6.45) is 5.81. The molecule has 2 unspecified atom stereocenters. The summed E-state index contributed by atoms with van der Waals surface area (Å²) in [4.78, 5) is 14.4. The van der Waals surface area contributed by atoms with Crippen molar-refractivity contribution in [2.24, 2.45) is 0 Å². The number of nitrogens with one attached hydrogen (secondary N) is 1. The Bertz CT molecular complexity index is 414. The fourth-order valence-corrected chi connectivity index (χ4v) is 3.23. The molecular weight excluding hydrogens is 270 g/mol. The Kier molecular flexibility index (Phi) is 4.50. The van der Waals surface area contributed by atoms with Crippen molar-refractivity contribution in [2.75, 3.05) is 30.6 Å². The number of halogens is 1. The van der Waals surface area contributed by atoms with Gasteiger partial charge in [0.1, 0.15) is 0 Å². The van der Waals surface area contributed by atoms with E-state index in [2.05, 4.69) is 26.5 Å². The first kappa shape index (κ1) is 13.7. The number of rotatable bonds is 4. The van der Waals surface area contributed by atoms with Gasteiger partial charge in [-0.3, -0.25) is 0 Å². The van der Waals surface area contributed by atoms with E-state index < -0.39 is 0 Å². The first-order valence-corrected chi connectivity index (χ1v) is 7.65. The highest BCUT2D eigenvalue weighted by Gasteiger charge is 2.27. The second kappa shape index (κ2) is 5.93. The molecule has 0 bridgehead atoms. The lowest BCUT2D eigenvalue weighted by Crippen LogP contribution is -2.27. The van der Waals surface area contributed by atoms with Crippen LogP contribution in [0.5, 0.6) is 0 Å². The Hall–Kier alpha value is -0.750. The summed E-state index contributed by atoms with van der Waals surface area (Å²) in [5, 5.41) is 4.24. The van der Waals surface area contributed by atoms with E-state index in [4.69, 9.17) is 11.6 Å². The summed E-state index contributed by atoms with van der Waals surface area (Å²) in [5.74, 6) is 1.15. The molecule has 0 aliphatic heterocycles. The maximum Gasteiger partial charge on any atom is 0.230 e. The van der Waals surface area contributed by atoms with Crippen LogP contribution in [0.15, 0.2) is 0 Å². The first-order valence-electron chi connectivity index (χ1n) is 5.98. The maximum absolute atomic E-state index is 5.92. The Balaban J connectivity index is 2.13. The molecule has 2 rings (SSSR count). The van der Waals surface area contributed by atoms with Crippen molar-refractivity contribution in [3.8, 4) is 0 Å². The zero-order valence-electron chi connectivity index (χ0n) is 10.9. The van der Waals surface area contributed by atoms with Gasteiger partial charge in [0, 0.05) is 25.4 Å². The van der Waals surface area contributed by atoms with E-state index in [0.29, 0.717) is 23.2 Å². The first-order chi connectivity index (χ1) is 8.60. The Morgan fingerprint density at radius 2 is 2.06 bits per heavy atom. The van der Waals surface area contributed by atoms with Gasteiger partial charge < -0.3 is 10.2 Å². The molecule has 1 heterocycles. The molecule has 1 aliphatic carbocycles. The molecule has 0 spiro atoms. The van der Waals surface area contributed by atoms with Crippen LogP contribution in [-0.4, -0.2) is 46.6 Å². The third-order valence-corrected chi connectivity index (χ3v) is 4.40. The lowest BCUT2D eigenvalue weighted by molar-refractivity contribution is 0.753. The largest absolute Gasteiger partial charge is 0.350 e. The van der Waals surface area contributed by atoms with Crippen LogP contribution >= 0.6 is 23.4 Å². The molecule has 7 heteroatoms. The summed E-state index contributed by atoms with van der Waals surface area (Å²) < 4.78 is 0. The van der Waals surface area contributed by atoms with Crippen LogP contribution in [0.3, 0.4) is 0 Å². The van der Waals surface area contributed by atoms with Gasteiger partial charge in [0.2, 0.25) is 17.2 Å². The summed E-state index contributed by atoms with van der Waals surface area (Å²) in [6.45, 7) is 0. The van der Waals surface area contributed by atoms with Crippen molar-refractivity contribution >= 4 is 35.3 Å². The quantitative estimate of drug-likeness (QED) is 0.917. The lowest BCUT2D eigenvalue weighted by Gasteiger charge is -2.19. The van der Waals surface area contributed by atoms with Crippen molar-refractivity contribution in [3.05, 3.63) is 5.28 Å². The molecular formula is C11H18ClN5S. The highest BCUT2D eigenvalue weighted by Crippen LogP contribution is 2.30. The number of anilines is 2. The van der Waals surface area contributed by atoms with Gasteiger partial charge in [-0.2, -0.15) is 26.7 Å². The molecule has 18 heavy (non-hydrogen) atoms. The smallest absolute Gasteiger partial charge is 0.230 e. The number of aromatic nitrogens is 3. The van der Waals surface area contributed by atoms with Gasteiger partial charge in [-0.05, 0) is 30.7 Å². The molecule has 0 aromatic carbocycles. The minimum Gasteiger partial charge on any atom is -0.350 e. The molecule has 1 fully saturated rings. The van der Waals surface area contributed by atoms with Crippen molar-refractivity contribution in [2.45, 2.75) is 30.6 Å². The molecule has 1 aromatic heterocycles. The van der Waals surface area contributed by atoms with Gasteiger partial charge >= 0.3 is 0 Å². The molecule has 0 radical (unpaired) electrons. The van der Waals surface area contributed by atoms with E-state index in [0.717, 1.165) is 6.42 Å². The zero-order chi connectivity index (χ0) is 13.1. The van der Waals surface area contributed by atoms with Crippen molar-refractivity contribution in [1.29, 1.82) is 0 Å². The van der Waals surface area contributed by atoms with Crippen LogP contribution in [-0.2, 0) is 0 Å². The molecule has 1 saturated carbocycles. The van der Waals surface area contributed by atoms with Crippen LogP contribution in [0, 0.1) is 0 Å². The summed E-state index contributed by atoms with van der Waals surface area (Å²) in [6, 6.07) is 0.425. The molecule has 2 atom stereocenters. The van der Waals surface area contributed by atoms with Gasteiger partial charge in [0.05, 0.1) is 0 Å². The molecule has 1 aromatic rings. The third-order valence-electron chi connectivity index (χ3n) is 3.07. The van der Waals surface area contributed by atoms with Gasteiger partial charge in [-0.1, -0.05) is 6.42 Å². The van der Waals surface area contributed by atoms with Gasteiger partial charge in [0.15, 0.2) is 0 Å². The van der Waals surface area contributed by atoms with E-state index in [1.165, 1.54) is 12.8 Å². The molecule has 0 amide bonds. The summed E-state index contributed by atoms with van der Waals surface area (Å²) >= 11 is 7.81. The Morgan fingerprint density at radius 3 is 2.72 bits per heavy atom. The average Bonchev–Trinajstić information content (AvgIpc) is 2.75. The Morgan fingerprint density at radius 1 is 1.28 bits per heavy atom. The highest BCUT2D eigenvalue weighted by molar-refractivity contribution is 7.99.